The molecule has 1 atom stereocenters. The van der Waals surface area contributed by atoms with E-state index in [1.54, 1.807) is 6.92 Å². The molecular weight excluding hydrogens is 516 g/mol. The Balaban J connectivity index is 1.56. The lowest BCUT2D eigenvalue weighted by atomic mass is 9.85. The molecular formula is C39H44O3. The second kappa shape index (κ2) is 12.8. The van der Waals surface area contributed by atoms with Gasteiger partial charge in [0.1, 0.15) is 12.4 Å². The zero-order chi connectivity index (χ0) is 30.5. The summed E-state index contributed by atoms with van der Waals surface area (Å²) in [5.74, 6) is -0.427. The summed E-state index contributed by atoms with van der Waals surface area (Å²) in [4.78, 5) is 11.1. The summed E-state index contributed by atoms with van der Waals surface area (Å²) in [5.41, 5.74) is 9.72. The quantitative estimate of drug-likeness (QED) is 0.222. The Labute approximate surface area is 251 Å². The van der Waals surface area contributed by atoms with E-state index in [1.165, 1.54) is 33.4 Å². The average Bonchev–Trinajstić information content (AvgIpc) is 2.95. The molecule has 4 aromatic carbocycles. The van der Waals surface area contributed by atoms with Crippen LogP contribution < -0.4 is 4.74 Å². The lowest BCUT2D eigenvalue weighted by molar-refractivity contribution is -0.141. The number of benzene rings is 4. The number of hydrogen-bond acceptors (Lipinski definition) is 2. The highest BCUT2D eigenvalue weighted by molar-refractivity contribution is 5.77. The topological polar surface area (TPSA) is 46.5 Å². The van der Waals surface area contributed by atoms with Gasteiger partial charge in [0.2, 0.25) is 0 Å². The summed E-state index contributed by atoms with van der Waals surface area (Å²) in [5, 5.41) is 9.15. The number of ether oxygens (including phenoxy) is 1. The van der Waals surface area contributed by atoms with Crippen molar-refractivity contribution >= 4 is 12.0 Å². The van der Waals surface area contributed by atoms with Crippen LogP contribution in [0.1, 0.15) is 70.7 Å². The molecule has 0 saturated heterocycles. The van der Waals surface area contributed by atoms with Gasteiger partial charge in [-0.2, -0.15) is 0 Å². The van der Waals surface area contributed by atoms with Crippen molar-refractivity contribution in [1.29, 1.82) is 0 Å². The van der Waals surface area contributed by atoms with E-state index in [-0.39, 0.29) is 10.8 Å². The first-order valence-electron chi connectivity index (χ1n) is 14.8. The SMILES string of the molecule is CC(Cc1ccc(OC/C=C/c2cc(-c3ccc(C(C)(C)C)cc3)cc(-c3ccc(C(C)(C)C)cc3)c2)cc1)C(=O)O. The standard InChI is InChI=1S/C39H44O3/c1-27(37(40)41)23-28-10-20-36(21-11-28)42-22-8-9-29-24-32(30-12-16-34(17-13-30)38(2,3)4)26-33(25-29)31-14-18-35(19-15-31)39(5,6)7/h8-21,24-27H,22-23H2,1-7H3,(H,40,41)/b9-8+. The van der Waals surface area contributed by atoms with E-state index in [0.29, 0.717) is 13.0 Å². The molecule has 0 aromatic heterocycles. The maximum Gasteiger partial charge on any atom is 0.306 e. The first kappa shape index (κ1) is 30.8. The van der Waals surface area contributed by atoms with E-state index in [4.69, 9.17) is 9.84 Å². The fourth-order valence-corrected chi connectivity index (χ4v) is 4.90. The van der Waals surface area contributed by atoms with Gasteiger partial charge in [-0.15, -0.1) is 0 Å². The van der Waals surface area contributed by atoms with Gasteiger partial charge in [0.05, 0.1) is 5.92 Å². The summed E-state index contributed by atoms with van der Waals surface area (Å²) < 4.78 is 5.95. The first-order chi connectivity index (χ1) is 19.8. The van der Waals surface area contributed by atoms with Crippen LogP contribution in [0.15, 0.2) is 97.1 Å². The van der Waals surface area contributed by atoms with Gasteiger partial charge in [-0.3, -0.25) is 4.79 Å². The van der Waals surface area contributed by atoms with Crippen molar-refractivity contribution in [3.05, 3.63) is 119 Å². The minimum Gasteiger partial charge on any atom is -0.490 e. The molecule has 1 N–H and O–H groups in total. The number of carboxylic acid groups (broad SMARTS) is 1. The Morgan fingerprint density at radius 3 is 1.62 bits per heavy atom. The predicted octanol–water partition coefficient (Wildman–Crippen LogP) is 9.97. The Kier molecular flexibility index (Phi) is 9.41. The molecule has 0 aliphatic rings. The van der Waals surface area contributed by atoms with Crippen LogP contribution in [0.2, 0.25) is 0 Å². The van der Waals surface area contributed by atoms with Gasteiger partial charge in [0, 0.05) is 0 Å². The van der Waals surface area contributed by atoms with Crippen molar-refractivity contribution < 1.29 is 14.6 Å². The van der Waals surface area contributed by atoms with Crippen LogP contribution in [0.3, 0.4) is 0 Å². The van der Waals surface area contributed by atoms with Crippen LogP contribution in [0.4, 0.5) is 0 Å². The van der Waals surface area contributed by atoms with Gasteiger partial charge in [0.15, 0.2) is 0 Å². The smallest absolute Gasteiger partial charge is 0.306 e. The maximum absolute atomic E-state index is 11.1. The molecule has 4 rings (SSSR count). The van der Waals surface area contributed by atoms with Crippen molar-refractivity contribution in [2.45, 2.75) is 65.7 Å². The Bertz CT molecular complexity index is 1440. The first-order valence-corrected chi connectivity index (χ1v) is 14.8. The summed E-state index contributed by atoms with van der Waals surface area (Å²) in [6, 6.07) is 32.2. The number of carbonyl (C=O) groups is 1. The third-order valence-electron chi connectivity index (χ3n) is 7.67. The summed E-state index contributed by atoms with van der Waals surface area (Å²) in [7, 11) is 0. The lowest BCUT2D eigenvalue weighted by Crippen LogP contribution is -2.12. The molecule has 3 heteroatoms. The second-order valence-corrected chi connectivity index (χ2v) is 13.3. The van der Waals surface area contributed by atoms with Crippen molar-refractivity contribution in [1.82, 2.24) is 0 Å². The van der Waals surface area contributed by atoms with E-state index in [0.717, 1.165) is 16.9 Å². The van der Waals surface area contributed by atoms with Crippen molar-refractivity contribution in [3.8, 4) is 28.0 Å². The monoisotopic (exact) mass is 560 g/mol. The van der Waals surface area contributed by atoms with Crippen LogP contribution in [-0.2, 0) is 22.0 Å². The van der Waals surface area contributed by atoms with E-state index >= 15 is 0 Å². The number of rotatable bonds is 9. The number of aliphatic carboxylic acids is 1. The van der Waals surface area contributed by atoms with Crippen LogP contribution in [0.5, 0.6) is 5.75 Å². The molecule has 0 spiro atoms. The zero-order valence-corrected chi connectivity index (χ0v) is 26.1. The normalized spacial score (nSPS) is 12.8. The van der Waals surface area contributed by atoms with E-state index < -0.39 is 11.9 Å². The molecule has 0 bridgehead atoms. The molecule has 0 fully saturated rings. The maximum atomic E-state index is 11.1. The summed E-state index contributed by atoms with van der Waals surface area (Å²) in [6.07, 6.45) is 4.66. The molecule has 0 aliphatic carbocycles. The molecule has 218 valence electrons. The van der Waals surface area contributed by atoms with E-state index in [9.17, 15) is 4.79 Å². The minimum atomic E-state index is -0.781. The fourth-order valence-electron chi connectivity index (χ4n) is 4.90. The van der Waals surface area contributed by atoms with Gasteiger partial charge in [0.25, 0.3) is 0 Å². The molecule has 0 saturated carbocycles. The van der Waals surface area contributed by atoms with Gasteiger partial charge >= 0.3 is 5.97 Å². The minimum absolute atomic E-state index is 0.111. The Morgan fingerprint density at radius 1 is 0.714 bits per heavy atom. The molecule has 0 aliphatic heterocycles. The van der Waals surface area contributed by atoms with Gasteiger partial charge in [-0.05, 0) is 98.2 Å². The molecule has 1 unspecified atom stereocenters. The zero-order valence-electron chi connectivity index (χ0n) is 26.1. The van der Waals surface area contributed by atoms with E-state index in [1.807, 2.05) is 30.3 Å². The van der Waals surface area contributed by atoms with Crippen LogP contribution >= 0.6 is 0 Å². The third-order valence-corrected chi connectivity index (χ3v) is 7.67. The van der Waals surface area contributed by atoms with Crippen LogP contribution in [0, 0.1) is 5.92 Å². The average molecular weight is 561 g/mol. The largest absolute Gasteiger partial charge is 0.490 e. The van der Waals surface area contributed by atoms with Gasteiger partial charge < -0.3 is 9.84 Å². The molecule has 3 nitrogen and oxygen atoms in total. The van der Waals surface area contributed by atoms with Gasteiger partial charge in [-0.25, -0.2) is 0 Å². The van der Waals surface area contributed by atoms with Crippen molar-refractivity contribution in [2.24, 2.45) is 5.92 Å². The van der Waals surface area contributed by atoms with Crippen LogP contribution in [-0.4, -0.2) is 17.7 Å². The third kappa shape index (κ3) is 8.22. The predicted molar refractivity (Wildman–Crippen MR) is 176 cm³/mol. The Morgan fingerprint density at radius 2 is 1.19 bits per heavy atom. The lowest BCUT2D eigenvalue weighted by Gasteiger charge is -2.20. The van der Waals surface area contributed by atoms with Crippen LogP contribution in [0.25, 0.3) is 28.3 Å². The molecule has 4 aromatic rings. The molecule has 0 heterocycles. The van der Waals surface area contributed by atoms with Crippen molar-refractivity contribution in [3.63, 3.8) is 0 Å². The second-order valence-electron chi connectivity index (χ2n) is 13.3. The van der Waals surface area contributed by atoms with E-state index in [2.05, 4.69) is 114 Å². The highest BCUT2D eigenvalue weighted by Gasteiger charge is 2.15. The van der Waals surface area contributed by atoms with Crippen molar-refractivity contribution in [2.75, 3.05) is 6.61 Å². The molecule has 0 radical (unpaired) electrons. The fraction of sp³-hybridized carbons (Fsp3) is 0.308. The van der Waals surface area contributed by atoms with Gasteiger partial charge in [-0.1, -0.05) is 115 Å². The summed E-state index contributed by atoms with van der Waals surface area (Å²) >= 11 is 0. The number of carboxylic acids is 1. The highest BCUT2D eigenvalue weighted by Crippen LogP contribution is 2.32. The summed E-state index contributed by atoms with van der Waals surface area (Å²) in [6.45, 7) is 15.6. The highest BCUT2D eigenvalue weighted by atomic mass is 16.5. The molecule has 0 amide bonds. The number of hydrogen-bond donors (Lipinski definition) is 1. The Hall–Kier alpha value is -4.11. The molecule has 42 heavy (non-hydrogen) atoms.